The first-order chi connectivity index (χ1) is 10.9. The average molecular weight is 354 g/mol. The van der Waals surface area contributed by atoms with E-state index in [2.05, 4.69) is 0 Å². The highest BCUT2D eigenvalue weighted by molar-refractivity contribution is 7.90. The molecule has 0 atom stereocenters. The van der Waals surface area contributed by atoms with Crippen LogP contribution in [0.15, 0.2) is 18.2 Å². The van der Waals surface area contributed by atoms with Crippen LogP contribution in [-0.4, -0.2) is 45.4 Å². The molecule has 0 radical (unpaired) electrons. The topological polar surface area (TPSA) is 61.8 Å². The number of ether oxygens (including phenoxy) is 1. The maximum absolute atomic E-state index is 11.1. The maximum atomic E-state index is 11.1. The van der Waals surface area contributed by atoms with Crippen molar-refractivity contribution in [3.63, 3.8) is 0 Å². The van der Waals surface area contributed by atoms with Crippen LogP contribution in [-0.2, 0) is 19.1 Å². The molecule has 0 aromatic heterocycles. The van der Waals surface area contributed by atoms with Crippen LogP contribution in [0.5, 0.6) is 5.75 Å². The molecule has 1 aromatic carbocycles. The van der Waals surface area contributed by atoms with E-state index in [0.29, 0.717) is 13.0 Å². The van der Waals surface area contributed by atoms with Crippen molar-refractivity contribution in [2.75, 3.05) is 18.6 Å². The molecule has 0 aliphatic carbocycles. The first-order valence-electron chi connectivity index (χ1n) is 8.18. The lowest BCUT2D eigenvalue weighted by atomic mass is 9.76. The van der Waals surface area contributed by atoms with Crippen LogP contribution in [0.2, 0.25) is 0 Å². The van der Waals surface area contributed by atoms with Crippen LogP contribution in [0.4, 0.5) is 0 Å². The van der Waals surface area contributed by atoms with Gasteiger partial charge in [0.25, 0.3) is 0 Å². The molecular weight excluding hydrogens is 327 g/mol. The van der Waals surface area contributed by atoms with Crippen LogP contribution >= 0.6 is 0 Å². The van der Waals surface area contributed by atoms with Crippen molar-refractivity contribution in [3.05, 3.63) is 23.8 Å². The molecule has 24 heavy (non-hydrogen) atoms. The molecule has 1 aliphatic rings. The zero-order valence-electron chi connectivity index (χ0n) is 15.4. The molecule has 0 unspecified atom stereocenters. The summed E-state index contributed by atoms with van der Waals surface area (Å²) in [4.78, 5) is 0. The van der Waals surface area contributed by atoms with E-state index >= 15 is 0 Å². The highest BCUT2D eigenvalue weighted by Gasteiger charge is 2.52. The van der Waals surface area contributed by atoms with Gasteiger partial charge in [-0.05, 0) is 64.2 Å². The molecule has 1 fully saturated rings. The van der Waals surface area contributed by atoms with Gasteiger partial charge in [0.15, 0.2) is 0 Å². The quantitative estimate of drug-likeness (QED) is 0.578. The van der Waals surface area contributed by atoms with Gasteiger partial charge in [-0.15, -0.1) is 0 Å². The SMILES string of the molecule is Cc1cc(OCCCS(C)(=O)=O)ccc1B1OC(C)(C)C(C)(C)O1. The molecule has 0 N–H and O–H groups in total. The first kappa shape index (κ1) is 19.3. The maximum Gasteiger partial charge on any atom is 0.495 e. The molecule has 0 bridgehead atoms. The second-order valence-electron chi connectivity index (χ2n) is 7.44. The average Bonchev–Trinajstić information content (AvgIpc) is 2.62. The largest absolute Gasteiger partial charge is 0.495 e. The minimum absolute atomic E-state index is 0.137. The van der Waals surface area contributed by atoms with E-state index in [1.165, 1.54) is 6.26 Å². The normalized spacial score (nSPS) is 19.5. The Morgan fingerprint density at radius 2 is 1.71 bits per heavy atom. The van der Waals surface area contributed by atoms with E-state index in [9.17, 15) is 8.42 Å². The zero-order chi connectivity index (χ0) is 18.2. The third kappa shape index (κ3) is 4.52. The van der Waals surface area contributed by atoms with Crippen molar-refractivity contribution < 1.29 is 22.5 Å². The summed E-state index contributed by atoms with van der Waals surface area (Å²) in [6.07, 6.45) is 1.72. The van der Waals surface area contributed by atoms with E-state index in [-0.39, 0.29) is 17.0 Å². The minimum Gasteiger partial charge on any atom is -0.494 e. The molecule has 1 saturated heterocycles. The van der Waals surface area contributed by atoms with Crippen LogP contribution < -0.4 is 10.2 Å². The van der Waals surface area contributed by atoms with E-state index in [4.69, 9.17) is 14.0 Å². The van der Waals surface area contributed by atoms with Gasteiger partial charge in [-0.25, -0.2) is 8.42 Å². The number of rotatable bonds is 6. The van der Waals surface area contributed by atoms with Crippen molar-refractivity contribution in [1.82, 2.24) is 0 Å². The highest BCUT2D eigenvalue weighted by Crippen LogP contribution is 2.36. The number of hydrogen-bond donors (Lipinski definition) is 0. The molecule has 1 heterocycles. The lowest BCUT2D eigenvalue weighted by Crippen LogP contribution is -2.41. The van der Waals surface area contributed by atoms with Crippen molar-refractivity contribution in [1.29, 1.82) is 0 Å². The molecule has 2 rings (SSSR count). The Balaban J connectivity index is 2.01. The summed E-state index contributed by atoms with van der Waals surface area (Å²) in [6.45, 7) is 10.5. The van der Waals surface area contributed by atoms with Crippen LogP contribution in [0.25, 0.3) is 0 Å². The number of benzene rings is 1. The van der Waals surface area contributed by atoms with Gasteiger partial charge in [0.1, 0.15) is 15.6 Å². The lowest BCUT2D eigenvalue weighted by molar-refractivity contribution is 0.00578. The Morgan fingerprint density at radius 1 is 1.12 bits per heavy atom. The minimum atomic E-state index is -2.94. The van der Waals surface area contributed by atoms with E-state index in [0.717, 1.165) is 16.8 Å². The van der Waals surface area contributed by atoms with Gasteiger partial charge >= 0.3 is 7.12 Å². The zero-order valence-corrected chi connectivity index (χ0v) is 16.2. The summed E-state index contributed by atoms with van der Waals surface area (Å²) in [5.41, 5.74) is 1.27. The molecule has 7 heteroatoms. The van der Waals surface area contributed by atoms with E-state index in [1.54, 1.807) is 0 Å². The van der Waals surface area contributed by atoms with Crippen LogP contribution in [0.1, 0.15) is 39.7 Å². The highest BCUT2D eigenvalue weighted by atomic mass is 32.2. The molecule has 1 aliphatic heterocycles. The lowest BCUT2D eigenvalue weighted by Gasteiger charge is -2.32. The van der Waals surface area contributed by atoms with Crippen molar-refractivity contribution in [2.45, 2.75) is 52.2 Å². The van der Waals surface area contributed by atoms with Gasteiger partial charge in [-0.3, -0.25) is 0 Å². The van der Waals surface area contributed by atoms with Crippen molar-refractivity contribution in [3.8, 4) is 5.75 Å². The van der Waals surface area contributed by atoms with Crippen molar-refractivity contribution >= 4 is 22.4 Å². The standard InChI is InChI=1S/C17H27BO5S/c1-13-12-14(21-10-7-11-24(6,19)20)8-9-15(13)18-22-16(2,3)17(4,5)23-18/h8-9,12H,7,10-11H2,1-6H3. The summed E-state index contributed by atoms with van der Waals surface area (Å²) >= 11 is 0. The fraction of sp³-hybridized carbons (Fsp3) is 0.647. The summed E-state index contributed by atoms with van der Waals surface area (Å²) in [5, 5.41) is 0. The summed E-state index contributed by atoms with van der Waals surface area (Å²) in [6, 6.07) is 5.75. The Hall–Kier alpha value is -1.05. The van der Waals surface area contributed by atoms with Crippen LogP contribution in [0.3, 0.4) is 0 Å². The van der Waals surface area contributed by atoms with Gasteiger partial charge in [0.05, 0.1) is 23.6 Å². The molecule has 1 aromatic rings. The Labute approximate surface area is 145 Å². The summed E-state index contributed by atoms with van der Waals surface area (Å²) in [5.74, 6) is 0.860. The van der Waals surface area contributed by atoms with Gasteiger partial charge in [-0.1, -0.05) is 6.07 Å². The molecular formula is C17H27BO5S. The van der Waals surface area contributed by atoms with E-state index in [1.807, 2.05) is 52.8 Å². The van der Waals surface area contributed by atoms with E-state index < -0.39 is 17.0 Å². The monoisotopic (exact) mass is 354 g/mol. The first-order valence-corrected chi connectivity index (χ1v) is 10.2. The van der Waals surface area contributed by atoms with Crippen molar-refractivity contribution in [2.24, 2.45) is 0 Å². The van der Waals surface area contributed by atoms with Gasteiger partial charge in [0.2, 0.25) is 0 Å². The molecule has 134 valence electrons. The molecule has 0 amide bonds. The summed E-state index contributed by atoms with van der Waals surface area (Å²) in [7, 11) is -3.33. The number of sulfone groups is 1. The predicted molar refractivity (Wildman–Crippen MR) is 96.7 cm³/mol. The Bertz CT molecular complexity index is 681. The van der Waals surface area contributed by atoms with Gasteiger partial charge in [-0.2, -0.15) is 0 Å². The fourth-order valence-corrected chi connectivity index (χ4v) is 3.13. The molecule has 0 saturated carbocycles. The Morgan fingerprint density at radius 3 is 2.21 bits per heavy atom. The fourth-order valence-electron chi connectivity index (χ4n) is 2.48. The van der Waals surface area contributed by atoms with Crippen LogP contribution in [0, 0.1) is 6.92 Å². The third-order valence-electron chi connectivity index (χ3n) is 4.68. The number of hydrogen-bond acceptors (Lipinski definition) is 5. The number of aryl methyl sites for hydroxylation is 1. The second-order valence-corrected chi connectivity index (χ2v) is 9.70. The second kappa shape index (κ2) is 6.69. The van der Waals surface area contributed by atoms with Gasteiger partial charge in [0, 0.05) is 6.26 Å². The molecule has 0 spiro atoms. The Kier molecular flexibility index (Phi) is 5.38. The molecule has 5 nitrogen and oxygen atoms in total. The summed E-state index contributed by atoms with van der Waals surface area (Å²) < 4.78 is 40.0. The van der Waals surface area contributed by atoms with Gasteiger partial charge < -0.3 is 14.0 Å². The smallest absolute Gasteiger partial charge is 0.494 e. The third-order valence-corrected chi connectivity index (χ3v) is 5.71. The predicted octanol–water partition coefficient (Wildman–Crippen LogP) is 2.11.